The number of hydrogen-bond donors (Lipinski definition) is 2. The lowest BCUT2D eigenvalue weighted by Crippen LogP contribution is -2.25. The van der Waals surface area contributed by atoms with Gasteiger partial charge in [-0.1, -0.05) is 25.1 Å². The van der Waals surface area contributed by atoms with Crippen LogP contribution in [0, 0.1) is 0 Å². The van der Waals surface area contributed by atoms with Gasteiger partial charge in [-0.2, -0.15) is 0 Å². The topological polar surface area (TPSA) is 63.3 Å². The zero-order valence-electron chi connectivity index (χ0n) is 16.8. The first kappa shape index (κ1) is 19.8. The minimum atomic E-state index is -0.113. The van der Waals surface area contributed by atoms with Gasteiger partial charge in [-0.25, -0.2) is 0 Å². The Balaban J connectivity index is 1.65. The molecule has 0 unspecified atom stereocenters. The smallest absolute Gasteiger partial charge is 0.251 e. The number of aryl methyl sites for hydroxylation is 1. The lowest BCUT2D eigenvalue weighted by molar-refractivity contribution is 0.0953. The molecule has 28 heavy (non-hydrogen) atoms. The van der Waals surface area contributed by atoms with Crippen molar-refractivity contribution in [1.29, 1.82) is 0 Å². The highest BCUT2D eigenvalue weighted by atomic mass is 16.5. The number of ether oxygens (including phenoxy) is 2. The summed E-state index contributed by atoms with van der Waals surface area (Å²) in [5, 5.41) is 4.23. The molecule has 0 saturated heterocycles. The van der Waals surface area contributed by atoms with Gasteiger partial charge in [-0.3, -0.25) is 4.79 Å². The molecule has 0 spiro atoms. The van der Waals surface area contributed by atoms with Crippen LogP contribution in [0.15, 0.2) is 42.6 Å². The van der Waals surface area contributed by atoms with Crippen molar-refractivity contribution in [3.05, 3.63) is 59.3 Å². The molecule has 2 aromatic carbocycles. The molecule has 0 radical (unpaired) electrons. The highest BCUT2D eigenvalue weighted by molar-refractivity contribution is 5.95. The van der Waals surface area contributed by atoms with Gasteiger partial charge < -0.3 is 19.8 Å². The molecule has 5 heteroatoms. The van der Waals surface area contributed by atoms with Crippen LogP contribution in [0.25, 0.3) is 10.9 Å². The first-order chi connectivity index (χ1) is 13.7. The van der Waals surface area contributed by atoms with Gasteiger partial charge in [0.25, 0.3) is 5.91 Å². The number of nitrogens with one attached hydrogen (secondary N) is 2. The van der Waals surface area contributed by atoms with Crippen LogP contribution >= 0.6 is 0 Å². The van der Waals surface area contributed by atoms with E-state index in [1.807, 2.05) is 20.0 Å². The summed E-state index contributed by atoms with van der Waals surface area (Å²) in [5.74, 6) is 1.14. The first-order valence-corrected chi connectivity index (χ1v) is 9.93. The van der Waals surface area contributed by atoms with Crippen molar-refractivity contribution >= 4 is 16.8 Å². The number of benzene rings is 2. The van der Waals surface area contributed by atoms with Gasteiger partial charge >= 0.3 is 0 Å². The number of H-pyrrole nitrogens is 1. The number of aromatic nitrogens is 1. The lowest BCUT2D eigenvalue weighted by atomic mass is 10.1. The Labute approximate surface area is 166 Å². The fourth-order valence-corrected chi connectivity index (χ4v) is 3.38. The zero-order valence-corrected chi connectivity index (χ0v) is 16.8. The van der Waals surface area contributed by atoms with Crippen molar-refractivity contribution in [2.24, 2.45) is 0 Å². The van der Waals surface area contributed by atoms with E-state index in [2.05, 4.69) is 35.4 Å². The predicted octanol–water partition coefficient (Wildman–Crippen LogP) is 4.50. The molecule has 5 nitrogen and oxygen atoms in total. The standard InChI is InChI=1S/C23H28N2O3/c1-4-16-8-7-9-19-18(15-25-22(16)19)12-13-24-23(26)17-10-11-20(27-5-2)21(14-17)28-6-3/h7-11,14-15,25H,4-6,12-13H2,1-3H3,(H,24,26). The molecule has 1 aromatic heterocycles. The minimum Gasteiger partial charge on any atom is -0.490 e. The van der Waals surface area contributed by atoms with Gasteiger partial charge in [0, 0.05) is 29.2 Å². The molecule has 0 atom stereocenters. The molecule has 2 N–H and O–H groups in total. The summed E-state index contributed by atoms with van der Waals surface area (Å²) in [6.07, 6.45) is 3.81. The number of amides is 1. The highest BCUT2D eigenvalue weighted by Gasteiger charge is 2.12. The first-order valence-electron chi connectivity index (χ1n) is 9.93. The summed E-state index contributed by atoms with van der Waals surface area (Å²) in [6, 6.07) is 11.7. The van der Waals surface area contributed by atoms with Gasteiger partial charge in [0.15, 0.2) is 11.5 Å². The van der Waals surface area contributed by atoms with Gasteiger partial charge in [0.05, 0.1) is 13.2 Å². The van der Waals surface area contributed by atoms with Gasteiger partial charge in [0.1, 0.15) is 0 Å². The second-order valence-electron chi connectivity index (χ2n) is 6.54. The SMILES string of the molecule is CCOc1ccc(C(=O)NCCc2c[nH]c3c(CC)cccc23)cc1OCC. The molecule has 0 aliphatic rings. The zero-order chi connectivity index (χ0) is 19.9. The Bertz CT molecular complexity index is 946. The number of carbonyl (C=O) groups is 1. The van der Waals surface area contributed by atoms with Crippen LogP contribution in [0.2, 0.25) is 0 Å². The third-order valence-electron chi connectivity index (χ3n) is 4.75. The third-order valence-corrected chi connectivity index (χ3v) is 4.75. The van der Waals surface area contributed by atoms with Crippen LogP contribution in [-0.2, 0) is 12.8 Å². The second-order valence-corrected chi connectivity index (χ2v) is 6.54. The Morgan fingerprint density at radius 3 is 2.54 bits per heavy atom. The summed E-state index contributed by atoms with van der Waals surface area (Å²) in [7, 11) is 0. The van der Waals surface area contributed by atoms with Crippen molar-refractivity contribution < 1.29 is 14.3 Å². The summed E-state index contributed by atoms with van der Waals surface area (Å²) in [4.78, 5) is 15.9. The Morgan fingerprint density at radius 2 is 1.79 bits per heavy atom. The minimum absolute atomic E-state index is 0.113. The number of carbonyl (C=O) groups excluding carboxylic acids is 1. The van der Waals surface area contributed by atoms with E-state index < -0.39 is 0 Å². The number of aromatic amines is 1. The maximum Gasteiger partial charge on any atom is 0.251 e. The van der Waals surface area contributed by atoms with Crippen molar-refractivity contribution in [2.75, 3.05) is 19.8 Å². The number of rotatable bonds is 9. The average molecular weight is 380 g/mol. The van der Waals surface area contributed by atoms with E-state index in [1.54, 1.807) is 18.2 Å². The summed E-state index contributed by atoms with van der Waals surface area (Å²) < 4.78 is 11.2. The Hall–Kier alpha value is -2.95. The van der Waals surface area contributed by atoms with E-state index in [1.165, 1.54) is 22.0 Å². The van der Waals surface area contributed by atoms with E-state index in [-0.39, 0.29) is 5.91 Å². The van der Waals surface area contributed by atoms with Crippen molar-refractivity contribution in [1.82, 2.24) is 10.3 Å². The average Bonchev–Trinajstić information content (AvgIpc) is 3.13. The van der Waals surface area contributed by atoms with Crippen LogP contribution in [-0.4, -0.2) is 30.6 Å². The van der Waals surface area contributed by atoms with Crippen LogP contribution in [0.4, 0.5) is 0 Å². The molecular formula is C23H28N2O3. The summed E-state index contributed by atoms with van der Waals surface area (Å²) in [5.41, 5.74) is 4.29. The number of fused-ring (bicyclic) bond motifs is 1. The van der Waals surface area contributed by atoms with E-state index in [0.717, 1.165) is 12.8 Å². The van der Waals surface area contributed by atoms with Gasteiger partial charge in [-0.15, -0.1) is 0 Å². The fourth-order valence-electron chi connectivity index (χ4n) is 3.38. The molecule has 1 amide bonds. The van der Waals surface area contributed by atoms with Crippen molar-refractivity contribution in [3.63, 3.8) is 0 Å². The second kappa shape index (κ2) is 9.31. The maximum absolute atomic E-state index is 12.5. The van der Waals surface area contributed by atoms with Crippen LogP contribution < -0.4 is 14.8 Å². The monoisotopic (exact) mass is 380 g/mol. The van der Waals surface area contributed by atoms with Gasteiger partial charge in [-0.05, 0) is 56.0 Å². The summed E-state index contributed by atoms with van der Waals surface area (Å²) >= 11 is 0. The predicted molar refractivity (Wildman–Crippen MR) is 112 cm³/mol. The molecule has 0 bridgehead atoms. The van der Waals surface area contributed by atoms with Gasteiger partial charge in [0.2, 0.25) is 0 Å². The molecule has 3 aromatic rings. The largest absolute Gasteiger partial charge is 0.490 e. The van der Waals surface area contributed by atoms with Crippen LogP contribution in [0.1, 0.15) is 42.3 Å². The molecule has 148 valence electrons. The molecule has 1 heterocycles. The Kier molecular flexibility index (Phi) is 6.58. The quantitative estimate of drug-likeness (QED) is 0.574. The Morgan fingerprint density at radius 1 is 1.00 bits per heavy atom. The van der Waals surface area contributed by atoms with Crippen molar-refractivity contribution in [2.45, 2.75) is 33.6 Å². The van der Waals surface area contributed by atoms with E-state index >= 15 is 0 Å². The maximum atomic E-state index is 12.5. The fraction of sp³-hybridized carbons (Fsp3) is 0.348. The molecular weight excluding hydrogens is 352 g/mol. The molecule has 0 fully saturated rings. The third kappa shape index (κ3) is 4.30. The highest BCUT2D eigenvalue weighted by Crippen LogP contribution is 2.28. The van der Waals surface area contributed by atoms with Crippen LogP contribution in [0.5, 0.6) is 11.5 Å². The lowest BCUT2D eigenvalue weighted by Gasteiger charge is -2.12. The summed E-state index contributed by atoms with van der Waals surface area (Å²) in [6.45, 7) is 7.63. The van der Waals surface area contributed by atoms with E-state index in [9.17, 15) is 4.79 Å². The molecule has 0 aliphatic carbocycles. The molecule has 3 rings (SSSR count). The normalized spacial score (nSPS) is 10.8. The molecule has 0 aliphatic heterocycles. The number of para-hydroxylation sites is 1. The van der Waals surface area contributed by atoms with E-state index in [4.69, 9.17) is 9.47 Å². The van der Waals surface area contributed by atoms with E-state index in [0.29, 0.717) is 36.8 Å². The number of hydrogen-bond acceptors (Lipinski definition) is 3. The molecule has 0 saturated carbocycles. The van der Waals surface area contributed by atoms with Crippen molar-refractivity contribution in [3.8, 4) is 11.5 Å². The van der Waals surface area contributed by atoms with Crippen LogP contribution in [0.3, 0.4) is 0 Å².